The van der Waals surface area contributed by atoms with Crippen molar-refractivity contribution >= 4 is 0 Å². The molecule has 1 saturated carbocycles. The van der Waals surface area contributed by atoms with Gasteiger partial charge in [0.1, 0.15) is 11.8 Å². The smallest absolute Gasteiger partial charge is 0.136 e. The van der Waals surface area contributed by atoms with E-state index in [0.717, 1.165) is 12.5 Å². The average Bonchev–Trinajstić information content (AvgIpc) is 3.08. The van der Waals surface area contributed by atoms with Gasteiger partial charge < -0.3 is 10.1 Å². The molecule has 0 saturated heterocycles. The molecule has 0 aliphatic heterocycles. The van der Waals surface area contributed by atoms with Crippen molar-refractivity contribution < 1.29 is 4.74 Å². The van der Waals surface area contributed by atoms with Gasteiger partial charge in [0.05, 0.1) is 12.7 Å². The van der Waals surface area contributed by atoms with E-state index in [1.165, 1.54) is 12.0 Å². The number of benzene rings is 1. The lowest BCUT2D eigenvalue weighted by atomic mass is 10.1. The monoisotopic (exact) mass is 216 g/mol. The Kier molecular flexibility index (Phi) is 3.12. The van der Waals surface area contributed by atoms with E-state index in [9.17, 15) is 0 Å². The SMILES string of the molecule is CNCC1CC1c1ccc(OC)c(C#N)c1. The molecule has 2 unspecified atom stereocenters. The van der Waals surface area contributed by atoms with Crippen molar-refractivity contribution in [2.24, 2.45) is 5.92 Å². The summed E-state index contributed by atoms with van der Waals surface area (Å²) in [5.41, 5.74) is 1.90. The summed E-state index contributed by atoms with van der Waals surface area (Å²) in [6, 6.07) is 8.09. The van der Waals surface area contributed by atoms with Gasteiger partial charge >= 0.3 is 0 Å². The fourth-order valence-corrected chi connectivity index (χ4v) is 2.19. The second kappa shape index (κ2) is 4.54. The van der Waals surface area contributed by atoms with Crippen LogP contribution < -0.4 is 10.1 Å². The topological polar surface area (TPSA) is 45.0 Å². The van der Waals surface area contributed by atoms with Gasteiger partial charge in [0.25, 0.3) is 0 Å². The van der Waals surface area contributed by atoms with E-state index < -0.39 is 0 Å². The molecule has 2 rings (SSSR count). The molecular weight excluding hydrogens is 200 g/mol. The maximum absolute atomic E-state index is 9.00. The average molecular weight is 216 g/mol. The standard InChI is InChI=1S/C13H16N2O/c1-15-8-11-6-12(11)9-3-4-13(16-2)10(5-9)7-14/h3-5,11-12,15H,6,8H2,1-2H3. The van der Waals surface area contributed by atoms with E-state index in [1.54, 1.807) is 7.11 Å². The highest BCUT2D eigenvalue weighted by Crippen LogP contribution is 2.47. The summed E-state index contributed by atoms with van der Waals surface area (Å²) in [7, 11) is 3.57. The summed E-state index contributed by atoms with van der Waals surface area (Å²) < 4.78 is 5.13. The molecule has 1 aliphatic rings. The Balaban J connectivity index is 2.16. The maximum atomic E-state index is 9.00. The predicted octanol–water partition coefficient (Wildman–Crippen LogP) is 1.89. The third-order valence-electron chi connectivity index (χ3n) is 3.16. The van der Waals surface area contributed by atoms with Crippen LogP contribution >= 0.6 is 0 Å². The van der Waals surface area contributed by atoms with Crippen LogP contribution in [-0.4, -0.2) is 20.7 Å². The number of methoxy groups -OCH3 is 1. The number of nitrogens with zero attached hydrogens (tertiary/aromatic N) is 1. The van der Waals surface area contributed by atoms with E-state index in [0.29, 0.717) is 17.2 Å². The summed E-state index contributed by atoms with van der Waals surface area (Å²) in [5, 5.41) is 12.2. The Morgan fingerprint density at radius 1 is 1.56 bits per heavy atom. The zero-order chi connectivity index (χ0) is 11.5. The first-order valence-corrected chi connectivity index (χ1v) is 5.52. The van der Waals surface area contributed by atoms with E-state index in [4.69, 9.17) is 10.00 Å². The second-order valence-electron chi connectivity index (χ2n) is 4.23. The van der Waals surface area contributed by atoms with E-state index >= 15 is 0 Å². The Hall–Kier alpha value is -1.53. The fraction of sp³-hybridized carbons (Fsp3) is 0.462. The van der Waals surface area contributed by atoms with Crippen molar-refractivity contribution in [2.75, 3.05) is 20.7 Å². The lowest BCUT2D eigenvalue weighted by Crippen LogP contribution is -2.10. The molecule has 3 nitrogen and oxygen atoms in total. The molecule has 2 atom stereocenters. The molecule has 0 aromatic heterocycles. The van der Waals surface area contributed by atoms with Crippen molar-refractivity contribution in [3.05, 3.63) is 29.3 Å². The van der Waals surface area contributed by atoms with Gasteiger partial charge in [0, 0.05) is 0 Å². The number of nitriles is 1. The molecular formula is C13H16N2O. The van der Waals surface area contributed by atoms with Crippen molar-refractivity contribution in [3.8, 4) is 11.8 Å². The third kappa shape index (κ3) is 2.02. The molecule has 0 radical (unpaired) electrons. The second-order valence-corrected chi connectivity index (χ2v) is 4.23. The predicted molar refractivity (Wildman–Crippen MR) is 62.5 cm³/mol. The van der Waals surface area contributed by atoms with Gasteiger partial charge in [-0.05, 0) is 49.5 Å². The molecule has 1 fully saturated rings. The summed E-state index contributed by atoms with van der Waals surface area (Å²) in [4.78, 5) is 0. The summed E-state index contributed by atoms with van der Waals surface area (Å²) >= 11 is 0. The van der Waals surface area contributed by atoms with Crippen LogP contribution in [0.3, 0.4) is 0 Å². The number of ether oxygens (including phenoxy) is 1. The maximum Gasteiger partial charge on any atom is 0.136 e. The molecule has 84 valence electrons. The molecule has 0 bridgehead atoms. The van der Waals surface area contributed by atoms with Gasteiger partial charge in [0.2, 0.25) is 0 Å². The first kappa shape index (κ1) is 11.0. The zero-order valence-electron chi connectivity index (χ0n) is 9.66. The molecule has 1 aromatic carbocycles. The number of hydrogen-bond donors (Lipinski definition) is 1. The van der Waals surface area contributed by atoms with Crippen molar-refractivity contribution in [1.29, 1.82) is 5.26 Å². The first-order valence-electron chi connectivity index (χ1n) is 5.52. The van der Waals surface area contributed by atoms with E-state index in [-0.39, 0.29) is 0 Å². The minimum Gasteiger partial charge on any atom is -0.495 e. The van der Waals surface area contributed by atoms with Crippen LogP contribution in [0.5, 0.6) is 5.75 Å². The zero-order valence-corrected chi connectivity index (χ0v) is 9.66. The number of hydrogen-bond acceptors (Lipinski definition) is 3. The molecule has 0 spiro atoms. The number of rotatable bonds is 4. The van der Waals surface area contributed by atoms with Crippen LogP contribution in [0.2, 0.25) is 0 Å². The van der Waals surface area contributed by atoms with Gasteiger partial charge in [-0.3, -0.25) is 0 Å². The fourth-order valence-electron chi connectivity index (χ4n) is 2.19. The van der Waals surface area contributed by atoms with Crippen molar-refractivity contribution in [1.82, 2.24) is 5.32 Å². The van der Waals surface area contributed by atoms with Crippen molar-refractivity contribution in [3.63, 3.8) is 0 Å². The van der Waals surface area contributed by atoms with E-state index in [1.807, 2.05) is 19.2 Å². The molecule has 0 heterocycles. The Morgan fingerprint density at radius 2 is 2.38 bits per heavy atom. The van der Waals surface area contributed by atoms with Gasteiger partial charge in [-0.25, -0.2) is 0 Å². The lowest BCUT2D eigenvalue weighted by Gasteiger charge is -2.05. The highest BCUT2D eigenvalue weighted by Gasteiger charge is 2.37. The molecule has 16 heavy (non-hydrogen) atoms. The molecule has 3 heteroatoms. The normalized spacial score (nSPS) is 22.6. The Morgan fingerprint density at radius 3 is 3.00 bits per heavy atom. The van der Waals surface area contributed by atoms with Gasteiger partial charge in [-0.2, -0.15) is 5.26 Å². The largest absolute Gasteiger partial charge is 0.495 e. The van der Waals surface area contributed by atoms with Gasteiger partial charge in [-0.15, -0.1) is 0 Å². The minimum atomic E-state index is 0.616. The highest BCUT2D eigenvalue weighted by atomic mass is 16.5. The highest BCUT2D eigenvalue weighted by molar-refractivity contribution is 5.47. The van der Waals surface area contributed by atoms with Crippen molar-refractivity contribution in [2.45, 2.75) is 12.3 Å². The molecule has 1 aliphatic carbocycles. The summed E-state index contributed by atoms with van der Waals surface area (Å²) in [6.45, 7) is 1.05. The van der Waals surface area contributed by atoms with Crippen LogP contribution in [0.15, 0.2) is 18.2 Å². The Labute approximate surface area is 96.0 Å². The quantitative estimate of drug-likeness (QED) is 0.836. The first-order chi connectivity index (χ1) is 7.80. The van der Waals surface area contributed by atoms with Gasteiger partial charge in [-0.1, -0.05) is 6.07 Å². The lowest BCUT2D eigenvalue weighted by molar-refractivity contribution is 0.413. The molecule has 1 aromatic rings. The summed E-state index contributed by atoms with van der Waals surface area (Å²) in [5.74, 6) is 2.01. The van der Waals surface area contributed by atoms with Crippen LogP contribution in [0.1, 0.15) is 23.5 Å². The molecule has 1 N–H and O–H groups in total. The van der Waals surface area contributed by atoms with Crippen LogP contribution in [0, 0.1) is 17.2 Å². The van der Waals surface area contributed by atoms with Crippen LogP contribution in [0.25, 0.3) is 0 Å². The van der Waals surface area contributed by atoms with Gasteiger partial charge in [0.15, 0.2) is 0 Å². The Bertz CT molecular complexity index is 422. The third-order valence-corrected chi connectivity index (χ3v) is 3.16. The van der Waals surface area contributed by atoms with Crippen LogP contribution in [0.4, 0.5) is 0 Å². The van der Waals surface area contributed by atoms with Crippen LogP contribution in [-0.2, 0) is 0 Å². The van der Waals surface area contributed by atoms with E-state index in [2.05, 4.69) is 17.5 Å². The molecule has 0 amide bonds. The summed E-state index contributed by atoms with van der Waals surface area (Å²) in [6.07, 6.45) is 1.22. The number of nitrogens with one attached hydrogen (secondary N) is 1. The minimum absolute atomic E-state index is 0.616.